The van der Waals surface area contributed by atoms with Crippen LogP contribution in [-0.4, -0.2) is 29.9 Å². The highest BCUT2D eigenvalue weighted by molar-refractivity contribution is 6.02. The number of hydrogen-bond acceptors (Lipinski definition) is 5. The smallest absolute Gasteiger partial charge is 0.276 e. The lowest BCUT2D eigenvalue weighted by Crippen LogP contribution is -2.14. The van der Waals surface area contributed by atoms with Gasteiger partial charge in [-0.1, -0.05) is 24.3 Å². The van der Waals surface area contributed by atoms with Gasteiger partial charge in [-0.15, -0.1) is 0 Å². The first-order valence-electron chi connectivity index (χ1n) is 7.95. The highest BCUT2D eigenvalue weighted by atomic mass is 16.5. The van der Waals surface area contributed by atoms with Crippen LogP contribution < -0.4 is 19.5 Å². The van der Waals surface area contributed by atoms with Crippen molar-refractivity contribution in [3.63, 3.8) is 0 Å². The summed E-state index contributed by atoms with van der Waals surface area (Å²) in [5.74, 6) is 1.30. The predicted molar refractivity (Wildman–Crippen MR) is 96.8 cm³/mol. The minimum Gasteiger partial charge on any atom is -0.493 e. The number of benzene rings is 2. The molecular formula is C19H19N3O4. The molecule has 0 bridgehead atoms. The number of carbonyl (C=O) groups excluding carboxylic acids is 1. The zero-order chi connectivity index (χ0) is 18.4. The number of nitrogens with zero attached hydrogens (tertiary/aromatic N) is 2. The van der Waals surface area contributed by atoms with Crippen LogP contribution in [0.5, 0.6) is 17.2 Å². The minimum absolute atomic E-state index is 0.106. The van der Waals surface area contributed by atoms with Gasteiger partial charge < -0.3 is 19.5 Å². The quantitative estimate of drug-likeness (QED) is 0.706. The Morgan fingerprint density at radius 2 is 1.69 bits per heavy atom. The van der Waals surface area contributed by atoms with Crippen LogP contribution in [0.2, 0.25) is 0 Å². The molecule has 1 N–H and O–H groups in total. The number of aromatic nitrogens is 2. The summed E-state index contributed by atoms with van der Waals surface area (Å²) >= 11 is 0. The van der Waals surface area contributed by atoms with E-state index in [1.165, 1.54) is 4.68 Å². The number of methoxy groups -OCH3 is 2. The summed E-state index contributed by atoms with van der Waals surface area (Å²) in [5.41, 5.74) is 1.01. The van der Waals surface area contributed by atoms with Crippen molar-refractivity contribution in [2.45, 2.75) is 6.73 Å². The van der Waals surface area contributed by atoms with E-state index in [0.717, 1.165) is 0 Å². The molecule has 0 radical (unpaired) electrons. The third kappa shape index (κ3) is 3.94. The molecule has 0 aliphatic carbocycles. The van der Waals surface area contributed by atoms with Crippen LogP contribution in [0.4, 0.5) is 5.69 Å². The summed E-state index contributed by atoms with van der Waals surface area (Å²) in [5, 5.41) is 7.02. The lowest BCUT2D eigenvalue weighted by atomic mass is 10.3. The maximum Gasteiger partial charge on any atom is 0.276 e. The summed E-state index contributed by atoms with van der Waals surface area (Å²) in [6.45, 7) is 0.106. The summed E-state index contributed by atoms with van der Waals surface area (Å²) in [4.78, 5) is 12.2. The second-order valence-corrected chi connectivity index (χ2v) is 5.33. The molecule has 26 heavy (non-hydrogen) atoms. The fraction of sp³-hybridized carbons (Fsp3) is 0.158. The van der Waals surface area contributed by atoms with Crippen LogP contribution in [0.3, 0.4) is 0 Å². The standard InChI is InChI=1S/C19H19N3O4/c1-24-16-9-6-10-17(25-2)18(16)26-13-22-12-11-15(21-22)19(23)20-14-7-4-3-5-8-14/h3-12H,13H2,1-2H3,(H,20,23). The molecule has 0 fully saturated rings. The molecule has 7 nitrogen and oxygen atoms in total. The number of anilines is 1. The number of carbonyl (C=O) groups is 1. The van der Waals surface area contributed by atoms with Gasteiger partial charge in [0.25, 0.3) is 5.91 Å². The Hall–Kier alpha value is -3.48. The largest absolute Gasteiger partial charge is 0.493 e. The molecule has 1 amide bonds. The van der Waals surface area contributed by atoms with Crippen molar-refractivity contribution in [1.82, 2.24) is 9.78 Å². The third-order valence-corrected chi connectivity index (χ3v) is 3.63. The first kappa shape index (κ1) is 17.3. The molecule has 134 valence electrons. The topological polar surface area (TPSA) is 74.6 Å². The maximum absolute atomic E-state index is 12.2. The molecule has 0 aliphatic rings. The van der Waals surface area contributed by atoms with Crippen LogP contribution in [0, 0.1) is 0 Å². The van der Waals surface area contributed by atoms with E-state index in [-0.39, 0.29) is 12.6 Å². The van der Waals surface area contributed by atoms with Gasteiger partial charge in [-0.3, -0.25) is 4.79 Å². The Balaban J connectivity index is 1.67. The second kappa shape index (κ2) is 8.06. The number of hydrogen-bond donors (Lipinski definition) is 1. The van der Waals surface area contributed by atoms with Crippen LogP contribution in [0.1, 0.15) is 10.5 Å². The average molecular weight is 353 g/mol. The first-order chi connectivity index (χ1) is 12.7. The van der Waals surface area contributed by atoms with E-state index in [0.29, 0.717) is 28.6 Å². The fourth-order valence-corrected chi connectivity index (χ4v) is 2.36. The Labute approximate surface area is 151 Å². The van der Waals surface area contributed by atoms with Crippen LogP contribution >= 0.6 is 0 Å². The number of amides is 1. The summed E-state index contributed by atoms with van der Waals surface area (Å²) in [6, 6.07) is 16.2. The van der Waals surface area contributed by atoms with Gasteiger partial charge in [-0.25, -0.2) is 4.68 Å². The summed E-state index contributed by atoms with van der Waals surface area (Å²) in [6.07, 6.45) is 1.67. The van der Waals surface area contributed by atoms with E-state index in [2.05, 4.69) is 10.4 Å². The molecule has 7 heteroatoms. The van der Waals surface area contributed by atoms with Crippen LogP contribution in [0.15, 0.2) is 60.8 Å². The van der Waals surface area contributed by atoms with Crippen molar-refractivity contribution in [3.8, 4) is 17.2 Å². The van der Waals surface area contributed by atoms with E-state index in [1.54, 1.807) is 38.6 Å². The van der Waals surface area contributed by atoms with Crippen molar-refractivity contribution >= 4 is 11.6 Å². The van der Waals surface area contributed by atoms with Gasteiger partial charge in [0.15, 0.2) is 23.9 Å². The molecular weight excluding hydrogens is 334 g/mol. The Morgan fingerprint density at radius 3 is 2.35 bits per heavy atom. The lowest BCUT2D eigenvalue weighted by molar-refractivity contribution is 0.102. The monoisotopic (exact) mass is 353 g/mol. The Kier molecular flexibility index (Phi) is 5.38. The molecule has 0 saturated heterocycles. The summed E-state index contributed by atoms with van der Waals surface area (Å²) in [7, 11) is 3.11. The minimum atomic E-state index is -0.287. The normalized spacial score (nSPS) is 10.2. The fourth-order valence-electron chi connectivity index (χ4n) is 2.36. The van der Waals surface area contributed by atoms with Crippen molar-refractivity contribution in [1.29, 1.82) is 0 Å². The van der Waals surface area contributed by atoms with Crippen molar-refractivity contribution < 1.29 is 19.0 Å². The summed E-state index contributed by atoms with van der Waals surface area (Å²) < 4.78 is 17.9. The van der Waals surface area contributed by atoms with E-state index in [4.69, 9.17) is 14.2 Å². The molecule has 0 saturated carbocycles. The number of ether oxygens (including phenoxy) is 3. The van der Waals surface area contributed by atoms with Crippen molar-refractivity contribution in [2.24, 2.45) is 0 Å². The van der Waals surface area contributed by atoms with E-state index >= 15 is 0 Å². The molecule has 0 atom stereocenters. The Bertz CT molecular complexity index is 855. The molecule has 1 aromatic heterocycles. The predicted octanol–water partition coefficient (Wildman–Crippen LogP) is 3.19. The maximum atomic E-state index is 12.2. The highest BCUT2D eigenvalue weighted by Crippen LogP contribution is 2.36. The van der Waals surface area contributed by atoms with Crippen LogP contribution in [-0.2, 0) is 6.73 Å². The van der Waals surface area contributed by atoms with Crippen LogP contribution in [0.25, 0.3) is 0 Å². The van der Waals surface area contributed by atoms with Gasteiger partial charge in [0.1, 0.15) is 0 Å². The molecule has 3 aromatic rings. The van der Waals surface area contributed by atoms with Crippen molar-refractivity contribution in [3.05, 3.63) is 66.5 Å². The van der Waals surface area contributed by atoms with Gasteiger partial charge in [0.05, 0.1) is 14.2 Å². The zero-order valence-electron chi connectivity index (χ0n) is 14.5. The molecule has 0 spiro atoms. The van der Waals surface area contributed by atoms with E-state index < -0.39 is 0 Å². The number of nitrogens with one attached hydrogen (secondary N) is 1. The van der Waals surface area contributed by atoms with Gasteiger partial charge in [0, 0.05) is 11.9 Å². The molecule has 0 unspecified atom stereocenters. The number of rotatable bonds is 7. The van der Waals surface area contributed by atoms with E-state index in [9.17, 15) is 4.79 Å². The molecule has 2 aromatic carbocycles. The highest BCUT2D eigenvalue weighted by Gasteiger charge is 2.13. The molecule has 1 heterocycles. The van der Waals surface area contributed by atoms with Gasteiger partial charge in [0.2, 0.25) is 5.75 Å². The Morgan fingerprint density at radius 1 is 1.00 bits per heavy atom. The second-order valence-electron chi connectivity index (χ2n) is 5.33. The van der Waals surface area contributed by atoms with Gasteiger partial charge in [-0.2, -0.15) is 5.10 Å². The van der Waals surface area contributed by atoms with Gasteiger partial charge in [-0.05, 0) is 30.3 Å². The number of para-hydroxylation sites is 2. The van der Waals surface area contributed by atoms with Gasteiger partial charge >= 0.3 is 0 Å². The van der Waals surface area contributed by atoms with E-state index in [1.807, 2.05) is 36.4 Å². The zero-order valence-corrected chi connectivity index (χ0v) is 14.5. The average Bonchev–Trinajstić information content (AvgIpc) is 3.16. The SMILES string of the molecule is COc1cccc(OC)c1OCn1ccc(C(=O)Nc2ccccc2)n1. The lowest BCUT2D eigenvalue weighted by Gasteiger charge is -2.13. The first-order valence-corrected chi connectivity index (χ1v) is 7.95. The van der Waals surface area contributed by atoms with Crippen molar-refractivity contribution in [2.75, 3.05) is 19.5 Å². The molecule has 3 rings (SSSR count). The third-order valence-electron chi connectivity index (χ3n) is 3.63. The molecule has 0 aliphatic heterocycles.